The van der Waals surface area contributed by atoms with Gasteiger partial charge in [-0.25, -0.2) is 0 Å². The molecule has 0 radical (unpaired) electrons. The van der Waals surface area contributed by atoms with Crippen molar-refractivity contribution in [3.63, 3.8) is 0 Å². The summed E-state index contributed by atoms with van der Waals surface area (Å²) in [5, 5.41) is 10.2. The Morgan fingerprint density at radius 3 is 2.29 bits per heavy atom. The average Bonchev–Trinajstić information content (AvgIpc) is 2.40. The van der Waals surface area contributed by atoms with Crippen molar-refractivity contribution in [3.05, 3.63) is 63.2 Å². The number of rotatable bonds is 3. The number of ether oxygens (including phenoxy) is 1. The quantitative estimate of drug-likeness (QED) is 0.587. The first kappa shape index (κ1) is 15.1. The Balaban J connectivity index is 2.44. The molecule has 8 heteroatoms. The van der Waals surface area contributed by atoms with Crippen LogP contribution in [0.4, 0.5) is 18.9 Å². The highest BCUT2D eigenvalue weighted by Gasteiger charge is 2.34. The van der Waals surface area contributed by atoms with E-state index in [0.717, 1.165) is 12.1 Å². The van der Waals surface area contributed by atoms with E-state index in [1.807, 2.05) is 0 Å². The third kappa shape index (κ3) is 3.25. The second kappa shape index (κ2) is 5.61. The van der Waals surface area contributed by atoms with Crippen LogP contribution in [-0.4, -0.2) is 4.92 Å². The Kier molecular flexibility index (Phi) is 4.04. The van der Waals surface area contributed by atoms with Crippen LogP contribution >= 0.6 is 11.6 Å². The van der Waals surface area contributed by atoms with Crippen molar-refractivity contribution < 1.29 is 22.8 Å². The first-order chi connectivity index (χ1) is 9.80. The molecule has 0 spiro atoms. The van der Waals surface area contributed by atoms with Gasteiger partial charge in [0.1, 0.15) is 5.75 Å². The largest absolute Gasteiger partial charge is 0.449 e. The minimum Gasteiger partial charge on any atom is -0.449 e. The van der Waals surface area contributed by atoms with Crippen LogP contribution in [0.25, 0.3) is 0 Å². The number of nitro groups is 1. The Morgan fingerprint density at radius 1 is 1.05 bits per heavy atom. The summed E-state index contributed by atoms with van der Waals surface area (Å²) in [6.45, 7) is 0. The van der Waals surface area contributed by atoms with Crippen molar-refractivity contribution in [3.8, 4) is 11.5 Å². The molecule has 0 bridgehead atoms. The molecule has 2 aromatic carbocycles. The molecule has 0 aliphatic heterocycles. The molecular weight excluding hydrogens is 311 g/mol. The number of alkyl halides is 3. The van der Waals surface area contributed by atoms with Gasteiger partial charge in [-0.15, -0.1) is 0 Å². The van der Waals surface area contributed by atoms with E-state index < -0.39 is 21.7 Å². The third-order valence-corrected chi connectivity index (χ3v) is 2.94. The maximum absolute atomic E-state index is 12.7. The lowest BCUT2D eigenvalue weighted by Gasteiger charge is -2.13. The number of hydrogen-bond donors (Lipinski definition) is 0. The maximum atomic E-state index is 12.7. The van der Waals surface area contributed by atoms with Gasteiger partial charge in [0.25, 0.3) is 0 Å². The molecule has 4 nitrogen and oxygen atoms in total. The number of hydrogen-bond acceptors (Lipinski definition) is 3. The number of nitro benzene ring substituents is 1. The van der Waals surface area contributed by atoms with Crippen LogP contribution in [0.5, 0.6) is 11.5 Å². The molecule has 0 fully saturated rings. The Labute approximate surface area is 121 Å². The summed E-state index contributed by atoms with van der Waals surface area (Å²) in [7, 11) is 0. The zero-order valence-corrected chi connectivity index (χ0v) is 11.0. The Morgan fingerprint density at radius 2 is 1.67 bits per heavy atom. The Bertz CT molecular complexity index is 689. The standard InChI is InChI=1S/C13H7ClF3NO3/c14-12-8(13(15,16)17)4-3-7-11(12)21-10-6-2-1-5-9(10)18(19)20/h1-7H. The predicted molar refractivity (Wildman–Crippen MR) is 69.6 cm³/mol. The van der Waals surface area contributed by atoms with E-state index in [9.17, 15) is 23.3 Å². The van der Waals surface area contributed by atoms with E-state index in [2.05, 4.69) is 0 Å². The van der Waals surface area contributed by atoms with Crippen molar-refractivity contribution in [2.24, 2.45) is 0 Å². The van der Waals surface area contributed by atoms with Crippen LogP contribution < -0.4 is 4.74 Å². The molecule has 0 atom stereocenters. The smallest absolute Gasteiger partial charge is 0.417 e. The van der Waals surface area contributed by atoms with Gasteiger partial charge in [0.15, 0.2) is 0 Å². The van der Waals surface area contributed by atoms with E-state index >= 15 is 0 Å². The summed E-state index contributed by atoms with van der Waals surface area (Å²) in [6, 6.07) is 8.44. The predicted octanol–water partition coefficient (Wildman–Crippen LogP) is 5.06. The van der Waals surface area contributed by atoms with Crippen molar-refractivity contribution in [2.75, 3.05) is 0 Å². The van der Waals surface area contributed by atoms with Crippen LogP contribution in [0, 0.1) is 10.1 Å². The first-order valence-electron chi connectivity index (χ1n) is 5.57. The molecule has 0 unspecified atom stereocenters. The summed E-state index contributed by atoms with van der Waals surface area (Å²) in [5.41, 5.74) is -1.44. The fourth-order valence-corrected chi connectivity index (χ4v) is 1.89. The normalized spacial score (nSPS) is 11.2. The van der Waals surface area contributed by atoms with E-state index in [1.165, 1.54) is 30.3 Å². The molecule has 2 aromatic rings. The van der Waals surface area contributed by atoms with Gasteiger partial charge >= 0.3 is 11.9 Å². The fraction of sp³-hybridized carbons (Fsp3) is 0.0769. The van der Waals surface area contributed by atoms with Crippen molar-refractivity contribution in [2.45, 2.75) is 6.18 Å². The number of halogens is 4. The van der Waals surface area contributed by atoms with E-state index in [1.54, 1.807) is 0 Å². The van der Waals surface area contributed by atoms with Crippen LogP contribution in [0.1, 0.15) is 5.56 Å². The van der Waals surface area contributed by atoms with Crippen molar-refractivity contribution >= 4 is 17.3 Å². The van der Waals surface area contributed by atoms with Gasteiger partial charge in [0.2, 0.25) is 5.75 Å². The van der Waals surface area contributed by atoms with E-state index in [0.29, 0.717) is 0 Å². The monoisotopic (exact) mass is 317 g/mol. The van der Waals surface area contributed by atoms with Crippen LogP contribution in [0.2, 0.25) is 5.02 Å². The van der Waals surface area contributed by atoms with Crippen molar-refractivity contribution in [1.82, 2.24) is 0 Å². The summed E-state index contributed by atoms with van der Waals surface area (Å²) >= 11 is 5.66. The lowest BCUT2D eigenvalue weighted by molar-refractivity contribution is -0.385. The first-order valence-corrected chi connectivity index (χ1v) is 5.95. The molecule has 0 aromatic heterocycles. The zero-order valence-electron chi connectivity index (χ0n) is 10.2. The van der Waals surface area contributed by atoms with Gasteiger partial charge < -0.3 is 4.74 Å². The molecule has 0 aliphatic rings. The van der Waals surface area contributed by atoms with Gasteiger partial charge in [-0.3, -0.25) is 10.1 Å². The molecular formula is C13H7ClF3NO3. The third-order valence-electron chi connectivity index (χ3n) is 2.55. The lowest BCUT2D eigenvalue weighted by Crippen LogP contribution is -2.06. The fourth-order valence-electron chi connectivity index (χ4n) is 1.62. The molecule has 0 saturated carbocycles. The molecule has 110 valence electrons. The highest BCUT2D eigenvalue weighted by molar-refractivity contribution is 6.32. The number of nitrogens with zero attached hydrogens (tertiary/aromatic N) is 1. The molecule has 0 heterocycles. The lowest BCUT2D eigenvalue weighted by atomic mass is 10.2. The number of para-hydroxylation sites is 2. The molecule has 0 saturated heterocycles. The highest BCUT2D eigenvalue weighted by atomic mass is 35.5. The van der Waals surface area contributed by atoms with Crippen LogP contribution in [0.15, 0.2) is 42.5 Å². The van der Waals surface area contributed by atoms with Gasteiger partial charge in [0, 0.05) is 6.07 Å². The summed E-state index contributed by atoms with van der Waals surface area (Å²) < 4.78 is 43.3. The second-order valence-corrected chi connectivity index (χ2v) is 4.32. The summed E-state index contributed by atoms with van der Waals surface area (Å²) in [6.07, 6.45) is -4.64. The molecule has 0 aliphatic carbocycles. The van der Waals surface area contributed by atoms with Gasteiger partial charge in [-0.1, -0.05) is 29.8 Å². The van der Waals surface area contributed by atoms with E-state index in [-0.39, 0.29) is 17.2 Å². The zero-order chi connectivity index (χ0) is 15.6. The average molecular weight is 318 g/mol. The number of benzene rings is 2. The summed E-state index contributed by atoms with van der Waals surface area (Å²) in [4.78, 5) is 10.1. The van der Waals surface area contributed by atoms with Gasteiger partial charge in [0.05, 0.1) is 15.5 Å². The SMILES string of the molecule is O=[N+]([O-])c1ccccc1Oc1cccc(C(F)(F)F)c1Cl. The van der Waals surface area contributed by atoms with Gasteiger partial charge in [-0.05, 0) is 18.2 Å². The van der Waals surface area contributed by atoms with Gasteiger partial charge in [-0.2, -0.15) is 13.2 Å². The molecule has 21 heavy (non-hydrogen) atoms. The summed E-state index contributed by atoms with van der Waals surface area (Å²) in [5.74, 6) is -0.496. The van der Waals surface area contributed by atoms with Crippen LogP contribution in [0.3, 0.4) is 0 Å². The minimum absolute atomic E-state index is 0.191. The highest BCUT2D eigenvalue weighted by Crippen LogP contribution is 2.41. The molecule has 2 rings (SSSR count). The van der Waals surface area contributed by atoms with E-state index in [4.69, 9.17) is 16.3 Å². The minimum atomic E-state index is -4.64. The second-order valence-electron chi connectivity index (χ2n) is 3.94. The van der Waals surface area contributed by atoms with Crippen LogP contribution in [-0.2, 0) is 6.18 Å². The van der Waals surface area contributed by atoms with Crippen molar-refractivity contribution in [1.29, 1.82) is 0 Å². The molecule has 0 amide bonds. The Hall–Kier alpha value is -2.28. The topological polar surface area (TPSA) is 52.4 Å². The molecule has 0 N–H and O–H groups in total. The maximum Gasteiger partial charge on any atom is 0.417 e.